The maximum absolute atomic E-state index is 13.4. The number of amides is 3. The molecule has 0 fully saturated rings. The molecule has 3 rings (SSSR count). The van der Waals surface area contributed by atoms with Gasteiger partial charge in [-0.15, -0.1) is 0 Å². The molecule has 0 aromatic heterocycles. The number of benzene rings is 2. The molecule has 0 bridgehead atoms. The van der Waals surface area contributed by atoms with Gasteiger partial charge in [0, 0.05) is 13.1 Å². The minimum Gasteiger partial charge on any atom is -0.343 e. The second kappa shape index (κ2) is 10.2. The van der Waals surface area contributed by atoms with Gasteiger partial charge in [0.2, 0.25) is 11.8 Å². The van der Waals surface area contributed by atoms with Crippen LogP contribution in [0.1, 0.15) is 19.4 Å². The minimum atomic E-state index is -0.879. The Labute approximate surface area is 181 Å². The SMILES string of the molecule is CCN(CC)C(=O)CSC1=NC(=O)C(Cc2ccccc2)C(=O)N1c1ccccc1. The molecule has 30 heavy (non-hydrogen) atoms. The van der Waals surface area contributed by atoms with Crippen molar-refractivity contribution >= 4 is 40.3 Å². The zero-order valence-corrected chi connectivity index (χ0v) is 18.0. The topological polar surface area (TPSA) is 70.0 Å². The third kappa shape index (κ3) is 4.97. The number of carbonyl (C=O) groups is 3. The van der Waals surface area contributed by atoms with E-state index < -0.39 is 11.8 Å². The summed E-state index contributed by atoms with van der Waals surface area (Å²) in [5.74, 6) is -1.59. The Balaban J connectivity index is 1.87. The molecule has 0 radical (unpaired) electrons. The monoisotopic (exact) mass is 423 g/mol. The normalized spacial score (nSPS) is 16.4. The molecular weight excluding hydrogens is 398 g/mol. The highest BCUT2D eigenvalue weighted by Gasteiger charge is 2.39. The van der Waals surface area contributed by atoms with E-state index in [1.54, 1.807) is 17.0 Å². The van der Waals surface area contributed by atoms with Gasteiger partial charge >= 0.3 is 0 Å². The van der Waals surface area contributed by atoms with Gasteiger partial charge in [-0.25, -0.2) is 0 Å². The summed E-state index contributed by atoms with van der Waals surface area (Å²) in [5.41, 5.74) is 1.54. The smallest absolute Gasteiger partial charge is 0.261 e. The van der Waals surface area contributed by atoms with Gasteiger partial charge in [0.05, 0.1) is 11.4 Å². The molecule has 0 saturated carbocycles. The summed E-state index contributed by atoms with van der Waals surface area (Å²) in [4.78, 5) is 45.9. The van der Waals surface area contributed by atoms with Crippen molar-refractivity contribution in [2.75, 3.05) is 23.7 Å². The molecule has 156 valence electrons. The molecule has 2 aromatic carbocycles. The first-order chi connectivity index (χ1) is 14.5. The van der Waals surface area contributed by atoms with E-state index in [1.807, 2.05) is 62.4 Å². The molecule has 0 N–H and O–H groups in total. The number of thioether (sulfide) groups is 1. The summed E-state index contributed by atoms with van der Waals surface area (Å²) >= 11 is 1.13. The highest BCUT2D eigenvalue weighted by molar-refractivity contribution is 8.14. The maximum Gasteiger partial charge on any atom is 0.261 e. The van der Waals surface area contributed by atoms with Gasteiger partial charge in [0.1, 0.15) is 5.92 Å². The first-order valence-corrected chi connectivity index (χ1v) is 11.0. The van der Waals surface area contributed by atoms with Gasteiger partial charge in [-0.3, -0.25) is 19.3 Å². The van der Waals surface area contributed by atoms with Crippen molar-refractivity contribution in [3.63, 3.8) is 0 Å². The maximum atomic E-state index is 13.4. The van der Waals surface area contributed by atoms with Crippen LogP contribution in [0, 0.1) is 5.92 Å². The van der Waals surface area contributed by atoms with Crippen LogP contribution in [-0.2, 0) is 20.8 Å². The highest BCUT2D eigenvalue weighted by Crippen LogP contribution is 2.28. The van der Waals surface area contributed by atoms with Crippen LogP contribution in [0.3, 0.4) is 0 Å². The van der Waals surface area contributed by atoms with E-state index in [1.165, 1.54) is 4.90 Å². The van der Waals surface area contributed by atoms with Crippen LogP contribution >= 0.6 is 11.8 Å². The number of hydrogen-bond acceptors (Lipinski definition) is 4. The van der Waals surface area contributed by atoms with Gasteiger partial charge in [0.25, 0.3) is 5.91 Å². The molecule has 1 unspecified atom stereocenters. The number of anilines is 1. The molecule has 2 aromatic rings. The van der Waals surface area contributed by atoms with Crippen molar-refractivity contribution < 1.29 is 14.4 Å². The molecular formula is C23H25N3O3S. The van der Waals surface area contributed by atoms with E-state index in [4.69, 9.17) is 0 Å². The quantitative estimate of drug-likeness (QED) is 0.640. The van der Waals surface area contributed by atoms with Crippen molar-refractivity contribution in [1.82, 2.24) is 4.90 Å². The average molecular weight is 424 g/mol. The van der Waals surface area contributed by atoms with Crippen LogP contribution in [0.5, 0.6) is 0 Å². The lowest BCUT2D eigenvalue weighted by Crippen LogP contribution is -2.48. The van der Waals surface area contributed by atoms with Crippen molar-refractivity contribution in [1.29, 1.82) is 0 Å². The number of hydrogen-bond donors (Lipinski definition) is 0. The molecule has 0 saturated heterocycles. The van der Waals surface area contributed by atoms with Crippen LogP contribution in [0.15, 0.2) is 65.7 Å². The van der Waals surface area contributed by atoms with Crippen molar-refractivity contribution in [2.45, 2.75) is 20.3 Å². The summed E-state index contributed by atoms with van der Waals surface area (Å²) in [7, 11) is 0. The average Bonchev–Trinajstić information content (AvgIpc) is 2.77. The standard InChI is InChI=1S/C23H25N3O3S/c1-3-25(4-2)20(27)16-30-23-24-21(28)19(15-17-11-7-5-8-12-17)22(29)26(23)18-13-9-6-10-14-18/h5-14,19H,3-4,15-16H2,1-2H3. The van der Waals surface area contributed by atoms with E-state index in [-0.39, 0.29) is 22.7 Å². The summed E-state index contributed by atoms with van der Waals surface area (Å²) in [6, 6.07) is 18.6. The van der Waals surface area contributed by atoms with Crippen LogP contribution in [0.4, 0.5) is 5.69 Å². The van der Waals surface area contributed by atoms with Crippen LogP contribution in [-0.4, -0.2) is 46.6 Å². The Hall–Kier alpha value is -2.93. The largest absolute Gasteiger partial charge is 0.343 e. The molecule has 0 spiro atoms. The molecule has 7 heteroatoms. The summed E-state index contributed by atoms with van der Waals surface area (Å²) in [6.07, 6.45) is 0.293. The van der Waals surface area contributed by atoms with Crippen LogP contribution < -0.4 is 4.90 Å². The fourth-order valence-electron chi connectivity index (χ4n) is 3.31. The van der Waals surface area contributed by atoms with Gasteiger partial charge in [-0.05, 0) is 38.0 Å². The lowest BCUT2D eigenvalue weighted by atomic mass is 9.96. The number of carbonyl (C=O) groups excluding carboxylic acids is 3. The zero-order valence-electron chi connectivity index (χ0n) is 17.2. The third-order valence-electron chi connectivity index (χ3n) is 4.95. The highest BCUT2D eigenvalue weighted by atomic mass is 32.2. The Kier molecular flexibility index (Phi) is 7.41. The molecule has 1 aliphatic rings. The van der Waals surface area contributed by atoms with E-state index in [0.717, 1.165) is 17.3 Å². The predicted molar refractivity (Wildman–Crippen MR) is 120 cm³/mol. The van der Waals surface area contributed by atoms with Crippen molar-refractivity contribution in [3.8, 4) is 0 Å². The number of rotatable bonds is 7. The Morgan fingerprint density at radius 2 is 1.60 bits per heavy atom. The van der Waals surface area contributed by atoms with Crippen molar-refractivity contribution in [3.05, 3.63) is 66.2 Å². The third-order valence-corrected chi connectivity index (χ3v) is 5.87. The van der Waals surface area contributed by atoms with E-state index in [9.17, 15) is 14.4 Å². The van der Waals surface area contributed by atoms with Gasteiger partial charge in [-0.1, -0.05) is 60.3 Å². The lowest BCUT2D eigenvalue weighted by Gasteiger charge is -2.31. The first-order valence-electron chi connectivity index (χ1n) is 10.0. The number of para-hydroxylation sites is 1. The van der Waals surface area contributed by atoms with E-state index in [2.05, 4.69) is 4.99 Å². The molecule has 6 nitrogen and oxygen atoms in total. The minimum absolute atomic E-state index is 0.0491. The first kappa shape index (κ1) is 21.8. The molecule has 3 amide bonds. The summed E-state index contributed by atoms with van der Waals surface area (Å²) in [5, 5.41) is 0.251. The molecule has 1 aliphatic heterocycles. The number of nitrogens with zero attached hydrogens (tertiary/aromatic N) is 3. The number of amidine groups is 1. The van der Waals surface area contributed by atoms with Gasteiger partial charge < -0.3 is 4.90 Å². The Bertz CT molecular complexity index is 927. The zero-order chi connectivity index (χ0) is 21.5. The number of aliphatic imine (C=N–C) groups is 1. The Morgan fingerprint density at radius 3 is 2.20 bits per heavy atom. The summed E-state index contributed by atoms with van der Waals surface area (Å²) < 4.78 is 0. The second-order valence-corrected chi connectivity index (χ2v) is 7.78. The van der Waals surface area contributed by atoms with Gasteiger partial charge in [0.15, 0.2) is 5.17 Å². The molecule has 0 aliphatic carbocycles. The van der Waals surface area contributed by atoms with Crippen molar-refractivity contribution in [2.24, 2.45) is 10.9 Å². The fraction of sp³-hybridized carbons (Fsp3) is 0.304. The van der Waals surface area contributed by atoms with Crippen LogP contribution in [0.25, 0.3) is 0 Å². The fourth-order valence-corrected chi connectivity index (χ4v) is 4.22. The summed E-state index contributed by atoms with van der Waals surface area (Å²) in [6.45, 7) is 5.06. The Morgan fingerprint density at radius 1 is 1.00 bits per heavy atom. The molecule has 1 atom stereocenters. The van der Waals surface area contributed by atoms with E-state index in [0.29, 0.717) is 25.2 Å². The lowest BCUT2D eigenvalue weighted by molar-refractivity contribution is -0.132. The predicted octanol–water partition coefficient (Wildman–Crippen LogP) is 3.38. The molecule has 1 heterocycles. The second-order valence-electron chi connectivity index (χ2n) is 6.84. The van der Waals surface area contributed by atoms with Gasteiger partial charge in [-0.2, -0.15) is 4.99 Å². The van der Waals surface area contributed by atoms with E-state index >= 15 is 0 Å². The van der Waals surface area contributed by atoms with Crippen LogP contribution in [0.2, 0.25) is 0 Å².